The maximum atomic E-state index is 11.7. The molecule has 0 aromatic heterocycles. The molecule has 1 heterocycles. The minimum atomic E-state index is -0.0852. The van der Waals surface area contributed by atoms with E-state index >= 15 is 0 Å². The Morgan fingerprint density at radius 3 is 2.64 bits per heavy atom. The van der Waals surface area contributed by atoms with Crippen LogP contribution >= 0.6 is 0 Å². The molecule has 4 nitrogen and oxygen atoms in total. The van der Waals surface area contributed by atoms with Gasteiger partial charge in [-0.3, -0.25) is 4.79 Å². The van der Waals surface area contributed by atoms with Crippen LogP contribution in [0.2, 0.25) is 0 Å². The molecule has 2 atom stereocenters. The van der Waals surface area contributed by atoms with Crippen molar-refractivity contribution in [3.05, 3.63) is 0 Å². The standard InChI is InChI=1S/C10H20N2O2/c1-3-9(6-13)12-10(14)7(2)8-4-11-5-8/h7-9,11,13H,3-6H2,1-2H3,(H,12,14)/t7?,9-/m0/s1. The topological polar surface area (TPSA) is 61.4 Å². The molecule has 0 spiro atoms. The maximum Gasteiger partial charge on any atom is 0.223 e. The molecule has 0 saturated carbocycles. The maximum absolute atomic E-state index is 11.7. The molecule has 0 aliphatic carbocycles. The van der Waals surface area contributed by atoms with Crippen molar-refractivity contribution in [1.82, 2.24) is 10.6 Å². The molecule has 0 radical (unpaired) electrons. The van der Waals surface area contributed by atoms with Crippen LogP contribution in [0.5, 0.6) is 0 Å². The molecule has 4 heteroatoms. The van der Waals surface area contributed by atoms with Gasteiger partial charge in [0.05, 0.1) is 12.6 Å². The van der Waals surface area contributed by atoms with Gasteiger partial charge in [-0.15, -0.1) is 0 Å². The van der Waals surface area contributed by atoms with Crippen LogP contribution in [-0.2, 0) is 4.79 Å². The Bertz CT molecular complexity index is 189. The molecule has 3 N–H and O–H groups in total. The van der Waals surface area contributed by atoms with E-state index in [4.69, 9.17) is 5.11 Å². The molecule has 1 fully saturated rings. The van der Waals surface area contributed by atoms with Gasteiger partial charge in [0.2, 0.25) is 5.91 Å². The van der Waals surface area contributed by atoms with Crippen LogP contribution in [0.15, 0.2) is 0 Å². The summed E-state index contributed by atoms with van der Waals surface area (Å²) in [5.74, 6) is 0.584. The van der Waals surface area contributed by atoms with E-state index in [9.17, 15) is 4.79 Å². The van der Waals surface area contributed by atoms with Crippen molar-refractivity contribution in [2.75, 3.05) is 19.7 Å². The van der Waals surface area contributed by atoms with Crippen LogP contribution in [0.25, 0.3) is 0 Å². The zero-order valence-electron chi connectivity index (χ0n) is 8.92. The lowest BCUT2D eigenvalue weighted by atomic mass is 9.88. The summed E-state index contributed by atoms with van der Waals surface area (Å²) in [5, 5.41) is 14.9. The van der Waals surface area contributed by atoms with E-state index in [0.717, 1.165) is 19.5 Å². The van der Waals surface area contributed by atoms with E-state index in [1.54, 1.807) is 0 Å². The molecule has 82 valence electrons. The van der Waals surface area contributed by atoms with Crippen LogP contribution < -0.4 is 10.6 Å². The highest BCUT2D eigenvalue weighted by atomic mass is 16.3. The third-order valence-corrected chi connectivity index (χ3v) is 2.99. The number of nitrogens with one attached hydrogen (secondary N) is 2. The number of carbonyl (C=O) groups excluding carboxylic acids is 1. The summed E-state index contributed by atoms with van der Waals surface area (Å²) in [6, 6.07) is -0.0852. The largest absolute Gasteiger partial charge is 0.394 e. The number of amides is 1. The zero-order chi connectivity index (χ0) is 10.6. The first-order chi connectivity index (χ1) is 6.69. The summed E-state index contributed by atoms with van der Waals surface area (Å²) < 4.78 is 0. The molecule has 0 aromatic carbocycles. The van der Waals surface area contributed by atoms with Gasteiger partial charge >= 0.3 is 0 Å². The number of rotatable bonds is 5. The Balaban J connectivity index is 2.32. The predicted molar refractivity (Wildman–Crippen MR) is 54.8 cm³/mol. The van der Waals surface area contributed by atoms with E-state index < -0.39 is 0 Å². The van der Waals surface area contributed by atoms with Gasteiger partial charge < -0.3 is 15.7 Å². The van der Waals surface area contributed by atoms with E-state index in [2.05, 4.69) is 10.6 Å². The first-order valence-corrected chi connectivity index (χ1v) is 5.31. The predicted octanol–water partition coefficient (Wildman–Crippen LogP) is -0.271. The van der Waals surface area contributed by atoms with Crippen LogP contribution in [0.1, 0.15) is 20.3 Å². The number of hydrogen-bond acceptors (Lipinski definition) is 3. The summed E-state index contributed by atoms with van der Waals surface area (Å²) in [6.45, 7) is 5.80. The molecule has 1 amide bonds. The van der Waals surface area contributed by atoms with E-state index in [-0.39, 0.29) is 24.5 Å². The molecule has 1 unspecified atom stereocenters. The number of aliphatic hydroxyl groups is 1. The fourth-order valence-electron chi connectivity index (χ4n) is 1.49. The summed E-state index contributed by atoms with van der Waals surface area (Å²) in [4.78, 5) is 11.7. The van der Waals surface area contributed by atoms with Gasteiger partial charge in [-0.2, -0.15) is 0 Å². The summed E-state index contributed by atoms with van der Waals surface area (Å²) in [5.41, 5.74) is 0. The Kier molecular flexibility index (Phi) is 4.35. The summed E-state index contributed by atoms with van der Waals surface area (Å²) >= 11 is 0. The second-order valence-corrected chi connectivity index (χ2v) is 4.00. The number of hydrogen-bond donors (Lipinski definition) is 3. The Hall–Kier alpha value is -0.610. The van der Waals surface area contributed by atoms with Crippen molar-refractivity contribution in [2.24, 2.45) is 11.8 Å². The van der Waals surface area contributed by atoms with Gasteiger partial charge in [0, 0.05) is 5.92 Å². The number of carbonyl (C=O) groups is 1. The quantitative estimate of drug-likeness (QED) is 0.572. The van der Waals surface area contributed by atoms with Crippen LogP contribution in [0, 0.1) is 11.8 Å². The Morgan fingerprint density at radius 1 is 1.64 bits per heavy atom. The van der Waals surface area contributed by atoms with Gasteiger partial charge in [-0.1, -0.05) is 13.8 Å². The Labute approximate surface area is 85.1 Å². The van der Waals surface area contributed by atoms with Crippen LogP contribution in [0.4, 0.5) is 0 Å². The first kappa shape index (κ1) is 11.5. The highest BCUT2D eigenvalue weighted by Gasteiger charge is 2.29. The lowest BCUT2D eigenvalue weighted by Gasteiger charge is -2.32. The van der Waals surface area contributed by atoms with Gasteiger partial charge in [-0.25, -0.2) is 0 Å². The fraction of sp³-hybridized carbons (Fsp3) is 0.900. The monoisotopic (exact) mass is 200 g/mol. The zero-order valence-corrected chi connectivity index (χ0v) is 8.92. The second kappa shape index (κ2) is 5.32. The third-order valence-electron chi connectivity index (χ3n) is 2.99. The molecule has 1 aliphatic rings. The number of aliphatic hydroxyl groups excluding tert-OH is 1. The van der Waals surface area contributed by atoms with Gasteiger partial charge in [-0.05, 0) is 25.4 Å². The third kappa shape index (κ3) is 2.69. The van der Waals surface area contributed by atoms with Crippen LogP contribution in [0.3, 0.4) is 0 Å². The minimum absolute atomic E-state index is 0.0257. The van der Waals surface area contributed by atoms with Crippen molar-refractivity contribution in [3.8, 4) is 0 Å². The smallest absolute Gasteiger partial charge is 0.223 e. The normalized spacial score (nSPS) is 21.1. The molecular formula is C10H20N2O2. The van der Waals surface area contributed by atoms with Crippen molar-refractivity contribution in [1.29, 1.82) is 0 Å². The molecule has 1 rings (SSSR count). The van der Waals surface area contributed by atoms with E-state index in [1.165, 1.54) is 0 Å². The lowest BCUT2D eigenvalue weighted by Crippen LogP contribution is -2.51. The molecule has 0 bridgehead atoms. The van der Waals surface area contributed by atoms with E-state index in [0.29, 0.717) is 5.92 Å². The van der Waals surface area contributed by atoms with Crippen molar-refractivity contribution >= 4 is 5.91 Å². The second-order valence-electron chi connectivity index (χ2n) is 4.00. The first-order valence-electron chi connectivity index (χ1n) is 5.31. The van der Waals surface area contributed by atoms with Crippen molar-refractivity contribution < 1.29 is 9.90 Å². The van der Waals surface area contributed by atoms with Gasteiger partial charge in [0.1, 0.15) is 0 Å². The lowest BCUT2D eigenvalue weighted by molar-refractivity contribution is -0.127. The average molecular weight is 200 g/mol. The molecule has 14 heavy (non-hydrogen) atoms. The highest BCUT2D eigenvalue weighted by molar-refractivity contribution is 5.79. The summed E-state index contributed by atoms with van der Waals surface area (Å²) in [6.07, 6.45) is 0.776. The molecule has 0 aromatic rings. The average Bonchev–Trinajstić information content (AvgIpc) is 2.10. The van der Waals surface area contributed by atoms with Crippen molar-refractivity contribution in [3.63, 3.8) is 0 Å². The fourth-order valence-corrected chi connectivity index (χ4v) is 1.49. The SMILES string of the molecule is CC[C@@H](CO)NC(=O)C(C)C1CNC1. The molecule has 1 saturated heterocycles. The molecular weight excluding hydrogens is 180 g/mol. The van der Waals surface area contributed by atoms with Gasteiger partial charge in [0.25, 0.3) is 0 Å². The highest BCUT2D eigenvalue weighted by Crippen LogP contribution is 2.15. The Morgan fingerprint density at radius 2 is 2.29 bits per heavy atom. The van der Waals surface area contributed by atoms with Crippen molar-refractivity contribution in [2.45, 2.75) is 26.3 Å². The molecule has 1 aliphatic heterocycles. The van der Waals surface area contributed by atoms with Crippen LogP contribution in [-0.4, -0.2) is 36.8 Å². The van der Waals surface area contributed by atoms with E-state index in [1.807, 2.05) is 13.8 Å². The summed E-state index contributed by atoms with van der Waals surface area (Å²) in [7, 11) is 0. The van der Waals surface area contributed by atoms with Gasteiger partial charge in [0.15, 0.2) is 0 Å². The minimum Gasteiger partial charge on any atom is -0.394 e.